The molecule has 4 bridgehead atoms. The topological polar surface area (TPSA) is 23.8 Å². The van der Waals surface area contributed by atoms with E-state index in [1.807, 2.05) is 0 Å². The molecule has 4 aliphatic rings. The maximum Gasteiger partial charge on any atom is 0.0662 e. The van der Waals surface area contributed by atoms with Crippen molar-refractivity contribution >= 4 is 15.9 Å². The van der Waals surface area contributed by atoms with E-state index in [1.165, 1.54) is 12.0 Å². The van der Waals surface area contributed by atoms with Gasteiger partial charge in [-0.3, -0.25) is 0 Å². The molecule has 0 spiro atoms. The molecule has 0 saturated heterocycles. The fourth-order valence-electron chi connectivity index (χ4n) is 4.49. The van der Waals surface area contributed by atoms with Crippen molar-refractivity contribution in [3.05, 3.63) is 34.3 Å². The van der Waals surface area contributed by atoms with Gasteiger partial charge < -0.3 is 0 Å². The predicted octanol–water partition coefficient (Wildman–Crippen LogP) is 3.57. The summed E-state index contributed by atoms with van der Waals surface area (Å²) in [4.78, 5) is 0. The molecule has 4 saturated carbocycles. The second kappa shape index (κ2) is 2.90. The van der Waals surface area contributed by atoms with Crippen LogP contribution in [0.4, 0.5) is 0 Å². The molecular weight excluding hydrogens is 262 g/mol. The Kier molecular flexibility index (Phi) is 1.67. The van der Waals surface area contributed by atoms with Crippen molar-refractivity contribution in [1.29, 1.82) is 5.26 Å². The minimum absolute atomic E-state index is 0.364. The van der Waals surface area contributed by atoms with E-state index in [1.54, 1.807) is 0 Å². The van der Waals surface area contributed by atoms with Gasteiger partial charge in [-0.15, -0.1) is 0 Å². The molecule has 0 unspecified atom stereocenters. The second-order valence-electron chi connectivity index (χ2n) is 5.45. The average molecular weight is 274 g/mol. The lowest BCUT2D eigenvalue weighted by Gasteiger charge is -2.16. The zero-order valence-corrected chi connectivity index (χ0v) is 10.4. The molecule has 0 aliphatic heterocycles. The Morgan fingerprint density at radius 3 is 2.44 bits per heavy atom. The SMILES string of the molecule is N#C[C@@H]1[C@H]2C[C@H]3[C@@H]1[C@@H]3[C@@H]2c1ccc(Br)cc1. The van der Waals surface area contributed by atoms with Gasteiger partial charge in [-0.2, -0.15) is 5.26 Å². The lowest BCUT2D eigenvalue weighted by atomic mass is 9.87. The van der Waals surface area contributed by atoms with Crippen LogP contribution in [0.25, 0.3) is 0 Å². The Labute approximate surface area is 104 Å². The second-order valence-corrected chi connectivity index (χ2v) is 6.37. The van der Waals surface area contributed by atoms with Crippen LogP contribution in [0.15, 0.2) is 28.7 Å². The summed E-state index contributed by atoms with van der Waals surface area (Å²) >= 11 is 3.48. The van der Waals surface area contributed by atoms with Gasteiger partial charge in [0.05, 0.1) is 12.0 Å². The summed E-state index contributed by atoms with van der Waals surface area (Å²) in [5.74, 6) is 4.20. The number of rotatable bonds is 1. The van der Waals surface area contributed by atoms with Gasteiger partial charge in [-0.25, -0.2) is 0 Å². The Balaban J connectivity index is 1.72. The van der Waals surface area contributed by atoms with Crippen molar-refractivity contribution in [3.63, 3.8) is 0 Å². The van der Waals surface area contributed by atoms with Gasteiger partial charge in [0.25, 0.3) is 0 Å². The van der Waals surface area contributed by atoms with E-state index in [4.69, 9.17) is 0 Å². The van der Waals surface area contributed by atoms with Crippen LogP contribution < -0.4 is 0 Å². The van der Waals surface area contributed by atoms with Crippen LogP contribution in [-0.4, -0.2) is 0 Å². The summed E-state index contributed by atoms with van der Waals surface area (Å²) in [7, 11) is 0. The van der Waals surface area contributed by atoms with Gasteiger partial charge in [0.15, 0.2) is 0 Å². The standard InChI is InChI=1S/C14H12BrN/c15-8-3-1-7(2-4-8)12-9-5-10-13(14(10)12)11(9)6-16/h1-4,9-14H,5H2/t9-,10+,11-,12-,13+,14+/m1/s1. The summed E-state index contributed by atoms with van der Waals surface area (Å²) in [5, 5.41) is 9.21. The average Bonchev–Trinajstić information content (AvgIpc) is 2.67. The Morgan fingerprint density at radius 1 is 1.12 bits per heavy atom. The Morgan fingerprint density at radius 2 is 1.88 bits per heavy atom. The molecule has 6 atom stereocenters. The van der Waals surface area contributed by atoms with Crippen molar-refractivity contribution in [1.82, 2.24) is 0 Å². The van der Waals surface area contributed by atoms with E-state index in [0.717, 1.165) is 22.2 Å². The van der Waals surface area contributed by atoms with Crippen molar-refractivity contribution in [2.45, 2.75) is 12.3 Å². The number of halogens is 1. The molecule has 1 aromatic carbocycles. The summed E-state index contributed by atoms with van der Waals surface area (Å²) in [5.41, 5.74) is 1.46. The van der Waals surface area contributed by atoms with Crippen molar-refractivity contribution in [2.75, 3.05) is 0 Å². The number of hydrogen-bond acceptors (Lipinski definition) is 1. The largest absolute Gasteiger partial charge is 0.198 e. The lowest BCUT2D eigenvalue weighted by Crippen LogP contribution is -2.09. The smallest absolute Gasteiger partial charge is 0.0662 e. The van der Waals surface area contributed by atoms with Gasteiger partial charge in [0.1, 0.15) is 0 Å². The van der Waals surface area contributed by atoms with E-state index in [2.05, 4.69) is 46.3 Å². The van der Waals surface area contributed by atoms with E-state index in [0.29, 0.717) is 17.8 Å². The molecule has 1 nitrogen and oxygen atoms in total. The van der Waals surface area contributed by atoms with Crippen molar-refractivity contribution < 1.29 is 0 Å². The quantitative estimate of drug-likeness (QED) is 0.768. The van der Waals surface area contributed by atoms with Gasteiger partial charge >= 0.3 is 0 Å². The third kappa shape index (κ3) is 0.960. The molecule has 4 fully saturated rings. The summed E-state index contributed by atoms with van der Waals surface area (Å²) in [6.45, 7) is 0. The molecule has 16 heavy (non-hydrogen) atoms. The van der Waals surface area contributed by atoms with Gasteiger partial charge in [-0.1, -0.05) is 28.1 Å². The Hall–Kier alpha value is -0.810. The van der Waals surface area contributed by atoms with Gasteiger partial charge in [-0.05, 0) is 53.7 Å². The fraction of sp³-hybridized carbons (Fsp3) is 0.500. The van der Waals surface area contributed by atoms with Crippen LogP contribution in [0.2, 0.25) is 0 Å². The first kappa shape index (κ1) is 9.24. The minimum Gasteiger partial charge on any atom is -0.198 e. The molecule has 0 N–H and O–H groups in total. The van der Waals surface area contributed by atoms with Crippen LogP contribution in [0.5, 0.6) is 0 Å². The fourth-order valence-corrected chi connectivity index (χ4v) is 4.76. The lowest BCUT2D eigenvalue weighted by molar-refractivity contribution is 0.464. The summed E-state index contributed by atoms with van der Waals surface area (Å²) in [6.07, 6.45) is 1.31. The number of benzene rings is 1. The number of hydrogen-bond donors (Lipinski definition) is 0. The molecule has 2 heteroatoms. The molecular formula is C14H12BrN. The van der Waals surface area contributed by atoms with Crippen LogP contribution in [-0.2, 0) is 0 Å². The highest BCUT2D eigenvalue weighted by Crippen LogP contribution is 2.78. The predicted molar refractivity (Wildman–Crippen MR) is 64.6 cm³/mol. The molecule has 0 heterocycles. The van der Waals surface area contributed by atoms with Gasteiger partial charge in [0.2, 0.25) is 0 Å². The zero-order chi connectivity index (χ0) is 10.9. The monoisotopic (exact) mass is 273 g/mol. The Bertz CT molecular complexity index is 486. The number of nitriles is 1. The first-order valence-electron chi connectivity index (χ1n) is 5.96. The molecule has 0 aromatic heterocycles. The normalized spacial score (nSPS) is 46.8. The zero-order valence-electron chi connectivity index (χ0n) is 8.81. The molecule has 5 rings (SSSR count). The highest BCUT2D eigenvalue weighted by atomic mass is 79.9. The van der Waals surface area contributed by atoms with Crippen molar-refractivity contribution in [2.24, 2.45) is 29.6 Å². The minimum atomic E-state index is 0.364. The highest BCUT2D eigenvalue weighted by molar-refractivity contribution is 9.10. The van der Waals surface area contributed by atoms with Crippen LogP contribution in [0, 0.1) is 40.9 Å². The highest BCUT2D eigenvalue weighted by Gasteiger charge is 2.73. The summed E-state index contributed by atoms with van der Waals surface area (Å²) < 4.78 is 1.14. The maximum absolute atomic E-state index is 9.21. The summed E-state index contributed by atoms with van der Waals surface area (Å²) in [6, 6.07) is 11.3. The van der Waals surface area contributed by atoms with E-state index >= 15 is 0 Å². The van der Waals surface area contributed by atoms with Crippen LogP contribution in [0.1, 0.15) is 17.9 Å². The van der Waals surface area contributed by atoms with E-state index < -0.39 is 0 Å². The first-order valence-corrected chi connectivity index (χ1v) is 6.75. The maximum atomic E-state index is 9.21. The van der Waals surface area contributed by atoms with Crippen molar-refractivity contribution in [3.8, 4) is 6.07 Å². The third-order valence-corrected chi connectivity index (χ3v) is 5.52. The van der Waals surface area contributed by atoms with Crippen LogP contribution in [0.3, 0.4) is 0 Å². The molecule has 0 amide bonds. The van der Waals surface area contributed by atoms with E-state index in [9.17, 15) is 5.26 Å². The first-order chi connectivity index (χ1) is 7.81. The third-order valence-electron chi connectivity index (χ3n) is 4.99. The molecule has 80 valence electrons. The van der Waals surface area contributed by atoms with E-state index in [-0.39, 0.29) is 0 Å². The van der Waals surface area contributed by atoms with Gasteiger partial charge in [0, 0.05) is 4.47 Å². The molecule has 4 aliphatic carbocycles. The number of nitrogens with zero attached hydrogens (tertiary/aromatic N) is 1. The molecule has 1 aromatic rings. The molecule has 0 radical (unpaired) electrons. The van der Waals surface area contributed by atoms with Crippen LogP contribution >= 0.6 is 15.9 Å².